The Bertz CT molecular complexity index is 928. The summed E-state index contributed by atoms with van der Waals surface area (Å²) in [5.41, 5.74) is 9.00. The molecule has 0 bridgehead atoms. The van der Waals surface area contributed by atoms with Crippen LogP contribution in [-0.4, -0.2) is 40.4 Å². The lowest BCUT2D eigenvalue weighted by molar-refractivity contribution is 0.0695. The summed E-state index contributed by atoms with van der Waals surface area (Å²) in [5, 5.41) is 0.895. The van der Waals surface area contributed by atoms with Crippen molar-refractivity contribution in [1.29, 1.82) is 0 Å². The third kappa shape index (κ3) is 4.43. The van der Waals surface area contributed by atoms with Gasteiger partial charge in [0.05, 0.1) is 16.8 Å². The second-order valence-electron chi connectivity index (χ2n) is 6.79. The predicted molar refractivity (Wildman–Crippen MR) is 117 cm³/mol. The number of hydrogen-bond donors (Lipinski definition) is 1. The molecule has 1 amide bonds. The van der Waals surface area contributed by atoms with E-state index in [4.69, 9.17) is 10.7 Å². The minimum atomic E-state index is 0. The Morgan fingerprint density at radius 2 is 1.86 bits per heavy atom. The molecule has 28 heavy (non-hydrogen) atoms. The van der Waals surface area contributed by atoms with Gasteiger partial charge < -0.3 is 10.6 Å². The minimum absolute atomic E-state index is 0. The second-order valence-corrected chi connectivity index (χ2v) is 6.79. The molecule has 1 aliphatic rings. The highest BCUT2D eigenvalue weighted by atomic mass is 35.5. The SMILES string of the molecule is Cl.Cl.NCC1CCN(C(=O)c2cc(-c3cccnc3)nc3ccccc23)CC1. The number of fused-ring (bicyclic) bond motifs is 1. The Kier molecular flexibility index (Phi) is 7.75. The molecule has 0 atom stereocenters. The molecule has 2 N–H and O–H groups in total. The molecule has 0 saturated carbocycles. The van der Waals surface area contributed by atoms with Crippen molar-refractivity contribution in [1.82, 2.24) is 14.9 Å². The standard InChI is InChI=1S/C21H22N4O.2ClH/c22-13-15-7-10-25(11-8-15)21(26)18-12-20(16-4-3-9-23-14-16)24-19-6-2-1-5-17(18)19;;/h1-6,9,12,14-15H,7-8,10-11,13,22H2;2*1H. The molecular formula is C21H24Cl2N4O. The van der Waals surface area contributed by atoms with Gasteiger partial charge >= 0.3 is 0 Å². The van der Waals surface area contributed by atoms with E-state index in [0.29, 0.717) is 18.0 Å². The molecule has 4 rings (SSSR count). The van der Waals surface area contributed by atoms with E-state index in [0.717, 1.165) is 48.1 Å². The van der Waals surface area contributed by atoms with Crippen LogP contribution in [0.25, 0.3) is 22.2 Å². The summed E-state index contributed by atoms with van der Waals surface area (Å²) in [4.78, 5) is 24.1. The average Bonchev–Trinajstić information content (AvgIpc) is 2.73. The molecule has 148 valence electrons. The van der Waals surface area contributed by atoms with Gasteiger partial charge in [0.15, 0.2) is 0 Å². The zero-order valence-corrected chi connectivity index (χ0v) is 17.1. The number of nitrogens with two attached hydrogens (primary N) is 1. The smallest absolute Gasteiger partial charge is 0.254 e. The molecule has 1 aromatic carbocycles. The van der Waals surface area contributed by atoms with Gasteiger partial charge in [0, 0.05) is 36.4 Å². The summed E-state index contributed by atoms with van der Waals surface area (Å²) in [6, 6.07) is 13.6. The van der Waals surface area contributed by atoms with Crippen molar-refractivity contribution in [3.05, 3.63) is 60.4 Å². The maximum absolute atomic E-state index is 13.2. The van der Waals surface area contributed by atoms with E-state index in [1.54, 1.807) is 12.4 Å². The van der Waals surface area contributed by atoms with Crippen molar-refractivity contribution in [3.63, 3.8) is 0 Å². The number of aromatic nitrogens is 2. The molecule has 2 aromatic heterocycles. The first-order valence-corrected chi connectivity index (χ1v) is 9.06. The van der Waals surface area contributed by atoms with Crippen LogP contribution in [0.3, 0.4) is 0 Å². The predicted octanol–water partition coefficient (Wildman–Crippen LogP) is 3.95. The summed E-state index contributed by atoms with van der Waals surface area (Å²) in [7, 11) is 0. The largest absolute Gasteiger partial charge is 0.339 e. The van der Waals surface area contributed by atoms with Gasteiger partial charge in [0.1, 0.15) is 0 Å². The van der Waals surface area contributed by atoms with Gasteiger partial charge in [0.2, 0.25) is 0 Å². The normalized spacial score (nSPS) is 14.2. The van der Waals surface area contributed by atoms with Crippen molar-refractivity contribution in [3.8, 4) is 11.3 Å². The summed E-state index contributed by atoms with van der Waals surface area (Å²) in [6.45, 7) is 2.23. The molecule has 1 aliphatic heterocycles. The lowest BCUT2D eigenvalue weighted by atomic mass is 9.96. The van der Waals surface area contributed by atoms with Crippen molar-refractivity contribution in [2.45, 2.75) is 12.8 Å². The van der Waals surface area contributed by atoms with E-state index in [-0.39, 0.29) is 30.7 Å². The van der Waals surface area contributed by atoms with Gasteiger partial charge in [-0.15, -0.1) is 24.8 Å². The number of halogens is 2. The van der Waals surface area contributed by atoms with Gasteiger partial charge in [-0.2, -0.15) is 0 Å². The number of likely N-dealkylation sites (tertiary alicyclic amines) is 1. The summed E-state index contributed by atoms with van der Waals surface area (Å²) < 4.78 is 0. The lowest BCUT2D eigenvalue weighted by Crippen LogP contribution is -2.40. The first-order chi connectivity index (χ1) is 12.8. The fourth-order valence-electron chi connectivity index (χ4n) is 3.56. The molecule has 1 fully saturated rings. The quantitative estimate of drug-likeness (QED) is 0.698. The van der Waals surface area contributed by atoms with Crippen LogP contribution in [0.5, 0.6) is 0 Å². The van der Waals surface area contributed by atoms with Crippen molar-refractivity contribution in [2.75, 3.05) is 19.6 Å². The summed E-state index contributed by atoms with van der Waals surface area (Å²) in [5.74, 6) is 0.600. The Balaban J connectivity index is 0.00000140. The Hall–Kier alpha value is -2.21. The van der Waals surface area contributed by atoms with Gasteiger partial charge in [-0.3, -0.25) is 9.78 Å². The molecule has 7 heteroatoms. The van der Waals surface area contributed by atoms with Crippen LogP contribution in [0, 0.1) is 5.92 Å². The van der Waals surface area contributed by atoms with Crippen LogP contribution >= 0.6 is 24.8 Å². The third-order valence-electron chi connectivity index (χ3n) is 5.14. The highest BCUT2D eigenvalue weighted by molar-refractivity contribution is 6.07. The van der Waals surface area contributed by atoms with Crippen LogP contribution in [-0.2, 0) is 0 Å². The molecule has 3 aromatic rings. The third-order valence-corrected chi connectivity index (χ3v) is 5.14. The number of hydrogen-bond acceptors (Lipinski definition) is 4. The first kappa shape index (κ1) is 22.1. The maximum Gasteiger partial charge on any atom is 0.254 e. The monoisotopic (exact) mass is 418 g/mol. The molecule has 5 nitrogen and oxygen atoms in total. The van der Waals surface area contributed by atoms with Crippen LogP contribution in [0.2, 0.25) is 0 Å². The van der Waals surface area contributed by atoms with Gasteiger partial charge in [0.25, 0.3) is 5.91 Å². The number of carbonyl (C=O) groups is 1. The van der Waals surface area contributed by atoms with Gasteiger partial charge in [-0.1, -0.05) is 18.2 Å². The zero-order chi connectivity index (χ0) is 17.9. The summed E-state index contributed by atoms with van der Waals surface area (Å²) >= 11 is 0. The number of pyridine rings is 2. The van der Waals surface area contributed by atoms with E-state index in [1.807, 2.05) is 47.4 Å². The molecule has 0 aliphatic carbocycles. The van der Waals surface area contributed by atoms with Crippen LogP contribution in [0.15, 0.2) is 54.9 Å². The van der Waals surface area contributed by atoms with Crippen molar-refractivity contribution < 1.29 is 4.79 Å². The van der Waals surface area contributed by atoms with Gasteiger partial charge in [-0.25, -0.2) is 4.98 Å². The topological polar surface area (TPSA) is 72.1 Å². The van der Waals surface area contributed by atoms with E-state index >= 15 is 0 Å². The minimum Gasteiger partial charge on any atom is -0.339 e. The number of para-hydroxylation sites is 1. The number of carbonyl (C=O) groups excluding carboxylic acids is 1. The van der Waals surface area contributed by atoms with Crippen molar-refractivity contribution in [2.24, 2.45) is 11.7 Å². The molecule has 0 spiro atoms. The number of nitrogens with zero attached hydrogens (tertiary/aromatic N) is 3. The number of piperidine rings is 1. The van der Waals surface area contributed by atoms with Crippen LogP contribution in [0.1, 0.15) is 23.2 Å². The fraction of sp³-hybridized carbons (Fsp3) is 0.286. The van der Waals surface area contributed by atoms with Crippen LogP contribution < -0.4 is 5.73 Å². The molecule has 0 radical (unpaired) electrons. The van der Waals surface area contributed by atoms with Gasteiger partial charge in [-0.05, 0) is 49.6 Å². The van der Waals surface area contributed by atoms with Crippen LogP contribution in [0.4, 0.5) is 0 Å². The maximum atomic E-state index is 13.2. The molecule has 0 unspecified atom stereocenters. The Morgan fingerprint density at radius 3 is 2.54 bits per heavy atom. The molecular weight excluding hydrogens is 395 g/mol. The van der Waals surface area contributed by atoms with E-state index in [9.17, 15) is 4.79 Å². The number of benzene rings is 1. The second kappa shape index (κ2) is 9.82. The highest BCUT2D eigenvalue weighted by Gasteiger charge is 2.24. The lowest BCUT2D eigenvalue weighted by Gasteiger charge is -2.31. The average molecular weight is 419 g/mol. The molecule has 1 saturated heterocycles. The highest BCUT2D eigenvalue weighted by Crippen LogP contribution is 2.27. The zero-order valence-electron chi connectivity index (χ0n) is 15.5. The van der Waals surface area contributed by atoms with E-state index < -0.39 is 0 Å². The number of amides is 1. The summed E-state index contributed by atoms with van der Waals surface area (Å²) in [6.07, 6.45) is 5.46. The van der Waals surface area contributed by atoms with E-state index in [1.165, 1.54) is 0 Å². The Morgan fingerprint density at radius 1 is 1.11 bits per heavy atom. The Labute approximate surface area is 177 Å². The van der Waals surface area contributed by atoms with Crippen molar-refractivity contribution >= 4 is 41.6 Å². The number of rotatable bonds is 3. The fourth-order valence-corrected chi connectivity index (χ4v) is 3.56. The first-order valence-electron chi connectivity index (χ1n) is 9.06. The van der Waals surface area contributed by atoms with E-state index in [2.05, 4.69) is 4.98 Å². The molecule has 3 heterocycles.